The third kappa shape index (κ3) is 1.77. The normalized spacial score (nSPS) is 28.9. The second kappa shape index (κ2) is 5.00. The lowest BCUT2D eigenvalue weighted by Gasteiger charge is -2.41. The SMILES string of the molecule is c1cc2n(c1)C(N1CCCC1)c1cccn1C2N1CCCC1. The molecule has 0 radical (unpaired) electrons. The summed E-state index contributed by atoms with van der Waals surface area (Å²) in [4.78, 5) is 5.30. The van der Waals surface area contributed by atoms with Crippen molar-refractivity contribution in [2.24, 2.45) is 0 Å². The van der Waals surface area contributed by atoms with E-state index in [2.05, 4.69) is 55.6 Å². The molecule has 2 atom stereocenters. The summed E-state index contributed by atoms with van der Waals surface area (Å²) in [6, 6.07) is 9.12. The Morgan fingerprint density at radius 2 is 1.05 bits per heavy atom. The summed E-state index contributed by atoms with van der Waals surface area (Å²) >= 11 is 0. The van der Waals surface area contributed by atoms with Crippen molar-refractivity contribution < 1.29 is 0 Å². The van der Waals surface area contributed by atoms with E-state index in [0.29, 0.717) is 12.3 Å². The minimum absolute atomic E-state index is 0.390. The van der Waals surface area contributed by atoms with E-state index in [-0.39, 0.29) is 0 Å². The lowest BCUT2D eigenvalue weighted by Crippen LogP contribution is -2.42. The zero-order valence-electron chi connectivity index (χ0n) is 13.1. The zero-order chi connectivity index (χ0) is 14.5. The number of fused-ring (bicyclic) bond motifs is 2. The van der Waals surface area contributed by atoms with Gasteiger partial charge >= 0.3 is 0 Å². The summed E-state index contributed by atoms with van der Waals surface area (Å²) in [5.74, 6) is 0. The molecule has 2 unspecified atom stereocenters. The average molecular weight is 296 g/mol. The van der Waals surface area contributed by atoms with Crippen LogP contribution in [0.1, 0.15) is 49.4 Å². The first-order chi connectivity index (χ1) is 10.9. The van der Waals surface area contributed by atoms with Gasteiger partial charge in [0.2, 0.25) is 0 Å². The van der Waals surface area contributed by atoms with Gasteiger partial charge in [-0.25, -0.2) is 0 Å². The number of rotatable bonds is 2. The molecule has 4 nitrogen and oxygen atoms in total. The topological polar surface area (TPSA) is 16.3 Å². The molecule has 4 heteroatoms. The maximum atomic E-state index is 2.65. The molecule has 5 heterocycles. The molecule has 22 heavy (non-hydrogen) atoms. The molecule has 5 rings (SSSR count). The van der Waals surface area contributed by atoms with Crippen molar-refractivity contribution >= 4 is 0 Å². The Kier molecular flexibility index (Phi) is 2.95. The molecule has 0 aromatic carbocycles. The van der Waals surface area contributed by atoms with Gasteiger partial charge in [-0.2, -0.15) is 0 Å². The summed E-state index contributed by atoms with van der Waals surface area (Å²) in [6.07, 6.45) is 10.7. The van der Waals surface area contributed by atoms with Gasteiger partial charge in [-0.15, -0.1) is 0 Å². The van der Waals surface area contributed by atoms with Gasteiger partial charge in [0.15, 0.2) is 0 Å². The molecule has 0 aliphatic carbocycles. The highest BCUT2D eigenvalue weighted by atomic mass is 15.4. The van der Waals surface area contributed by atoms with Crippen molar-refractivity contribution in [1.29, 1.82) is 0 Å². The van der Waals surface area contributed by atoms with Crippen LogP contribution in [0.2, 0.25) is 0 Å². The molecule has 0 spiro atoms. The van der Waals surface area contributed by atoms with Gasteiger partial charge in [-0.05, 0) is 49.9 Å². The fourth-order valence-electron chi connectivity index (χ4n) is 4.68. The van der Waals surface area contributed by atoms with E-state index < -0.39 is 0 Å². The van der Waals surface area contributed by atoms with E-state index in [1.165, 1.54) is 63.3 Å². The fraction of sp³-hybridized carbons (Fsp3) is 0.556. The van der Waals surface area contributed by atoms with Crippen LogP contribution in [0.25, 0.3) is 0 Å². The number of likely N-dealkylation sites (tertiary alicyclic amines) is 2. The van der Waals surface area contributed by atoms with Crippen molar-refractivity contribution in [3.8, 4) is 0 Å². The van der Waals surface area contributed by atoms with Gasteiger partial charge in [0.25, 0.3) is 0 Å². The summed E-state index contributed by atoms with van der Waals surface area (Å²) in [7, 11) is 0. The van der Waals surface area contributed by atoms with E-state index in [1.54, 1.807) is 0 Å². The molecule has 0 saturated carbocycles. The summed E-state index contributed by atoms with van der Waals surface area (Å²) in [6.45, 7) is 4.90. The standard InChI is InChI=1S/C18H24N4/c1-2-10-19(9-1)17-15-7-5-14-22(15)18(20-11-3-4-12-20)16-8-6-13-21(16)17/h5-8,13-14,17-18H,1-4,9-12H2. The van der Waals surface area contributed by atoms with E-state index in [1.807, 2.05) is 0 Å². The molecule has 3 aliphatic heterocycles. The van der Waals surface area contributed by atoms with Gasteiger partial charge in [0.05, 0.1) is 11.4 Å². The predicted molar refractivity (Wildman–Crippen MR) is 86.8 cm³/mol. The Bertz CT molecular complexity index is 563. The van der Waals surface area contributed by atoms with Crippen LogP contribution in [0.15, 0.2) is 36.7 Å². The van der Waals surface area contributed by atoms with Gasteiger partial charge in [0.1, 0.15) is 12.3 Å². The van der Waals surface area contributed by atoms with Crippen molar-refractivity contribution in [2.75, 3.05) is 26.2 Å². The van der Waals surface area contributed by atoms with E-state index in [4.69, 9.17) is 0 Å². The Balaban J connectivity index is 1.63. The second-order valence-electron chi connectivity index (χ2n) is 6.91. The Labute approximate surface area is 131 Å². The average Bonchev–Trinajstić information content (AvgIpc) is 3.29. The summed E-state index contributed by atoms with van der Waals surface area (Å²) in [5, 5.41) is 0. The minimum Gasteiger partial charge on any atom is -0.327 e. The maximum Gasteiger partial charge on any atom is 0.127 e. The highest BCUT2D eigenvalue weighted by molar-refractivity contribution is 5.27. The molecular formula is C18H24N4. The molecular weight excluding hydrogens is 272 g/mol. The van der Waals surface area contributed by atoms with Crippen LogP contribution >= 0.6 is 0 Å². The first-order valence-corrected chi connectivity index (χ1v) is 8.75. The van der Waals surface area contributed by atoms with E-state index in [9.17, 15) is 0 Å². The van der Waals surface area contributed by atoms with Gasteiger partial charge in [-0.3, -0.25) is 9.80 Å². The van der Waals surface area contributed by atoms with Crippen LogP contribution < -0.4 is 0 Å². The third-order valence-electron chi connectivity index (χ3n) is 5.65. The van der Waals surface area contributed by atoms with Crippen LogP contribution in [0.5, 0.6) is 0 Å². The number of aromatic nitrogens is 2. The van der Waals surface area contributed by atoms with Crippen LogP contribution in [-0.4, -0.2) is 45.1 Å². The molecule has 2 fully saturated rings. The lowest BCUT2D eigenvalue weighted by molar-refractivity contribution is 0.132. The van der Waals surface area contributed by atoms with Crippen molar-refractivity contribution in [2.45, 2.75) is 38.0 Å². The quantitative estimate of drug-likeness (QED) is 0.847. The Hall–Kier alpha value is -1.52. The first-order valence-electron chi connectivity index (χ1n) is 8.75. The predicted octanol–water partition coefficient (Wildman–Crippen LogP) is 2.89. The van der Waals surface area contributed by atoms with E-state index in [0.717, 1.165) is 0 Å². The lowest BCUT2D eigenvalue weighted by atomic mass is 10.2. The molecule has 0 bridgehead atoms. The molecule has 2 aromatic heterocycles. The van der Waals surface area contributed by atoms with Gasteiger partial charge in [0, 0.05) is 38.6 Å². The molecule has 2 aromatic rings. The number of hydrogen-bond acceptors (Lipinski definition) is 2. The van der Waals surface area contributed by atoms with Crippen LogP contribution in [0, 0.1) is 0 Å². The maximum absolute atomic E-state index is 2.65. The molecule has 0 N–H and O–H groups in total. The van der Waals surface area contributed by atoms with Crippen molar-refractivity contribution in [3.05, 3.63) is 48.0 Å². The van der Waals surface area contributed by atoms with E-state index >= 15 is 0 Å². The smallest absolute Gasteiger partial charge is 0.127 e. The van der Waals surface area contributed by atoms with Gasteiger partial charge < -0.3 is 9.13 Å². The first kappa shape index (κ1) is 13.0. The van der Waals surface area contributed by atoms with Crippen molar-refractivity contribution in [3.63, 3.8) is 0 Å². The highest BCUT2D eigenvalue weighted by Crippen LogP contribution is 2.40. The Morgan fingerprint density at radius 1 is 0.636 bits per heavy atom. The number of hydrogen-bond donors (Lipinski definition) is 0. The minimum atomic E-state index is 0.390. The fourth-order valence-corrected chi connectivity index (χ4v) is 4.68. The molecule has 3 aliphatic rings. The third-order valence-corrected chi connectivity index (χ3v) is 5.65. The molecule has 116 valence electrons. The largest absolute Gasteiger partial charge is 0.327 e. The summed E-state index contributed by atoms with van der Waals surface area (Å²) in [5.41, 5.74) is 2.92. The number of nitrogens with zero attached hydrogens (tertiary/aromatic N) is 4. The van der Waals surface area contributed by atoms with Gasteiger partial charge in [-0.1, -0.05) is 0 Å². The molecule has 0 amide bonds. The second-order valence-corrected chi connectivity index (χ2v) is 6.91. The monoisotopic (exact) mass is 296 g/mol. The van der Waals surface area contributed by atoms with Crippen LogP contribution in [-0.2, 0) is 0 Å². The van der Waals surface area contributed by atoms with Crippen molar-refractivity contribution in [1.82, 2.24) is 18.9 Å². The molecule has 2 saturated heterocycles. The van der Waals surface area contributed by atoms with Crippen LogP contribution in [0.4, 0.5) is 0 Å². The van der Waals surface area contributed by atoms with Crippen LogP contribution in [0.3, 0.4) is 0 Å². The highest BCUT2D eigenvalue weighted by Gasteiger charge is 2.38. The zero-order valence-corrected chi connectivity index (χ0v) is 13.1. The Morgan fingerprint density at radius 3 is 1.45 bits per heavy atom. The summed E-state index contributed by atoms with van der Waals surface area (Å²) < 4.78 is 5.06.